The highest BCUT2D eigenvalue weighted by Crippen LogP contribution is 2.68. The van der Waals surface area contributed by atoms with Crippen molar-refractivity contribution in [3.63, 3.8) is 0 Å². The van der Waals surface area contributed by atoms with E-state index in [0.717, 1.165) is 32.1 Å². The molecule has 0 saturated heterocycles. The number of carbonyl (C=O) groups excluding carboxylic acids is 2. The highest BCUT2D eigenvalue weighted by molar-refractivity contribution is 5.84. The van der Waals surface area contributed by atoms with Crippen LogP contribution in [0.1, 0.15) is 79.6 Å². The van der Waals surface area contributed by atoms with Crippen molar-refractivity contribution in [3.05, 3.63) is 47.1 Å². The molecule has 1 fully saturated rings. The molecule has 33 heavy (non-hydrogen) atoms. The number of carbonyl (C=O) groups is 2. The molecule has 0 aromatic heterocycles. The molecule has 1 saturated carbocycles. The van der Waals surface area contributed by atoms with Crippen molar-refractivity contribution < 1.29 is 19.1 Å². The van der Waals surface area contributed by atoms with Gasteiger partial charge in [0.25, 0.3) is 0 Å². The summed E-state index contributed by atoms with van der Waals surface area (Å²) in [7, 11) is 0. The van der Waals surface area contributed by atoms with E-state index in [9.17, 15) is 9.59 Å². The average Bonchev–Trinajstić information content (AvgIpc) is 2.87. The highest BCUT2D eigenvalue weighted by Gasteiger charge is 2.60. The molecule has 4 heteroatoms. The van der Waals surface area contributed by atoms with Crippen LogP contribution in [0.4, 0.5) is 0 Å². The number of cyclic esters (lactones) is 2. The van der Waals surface area contributed by atoms with E-state index in [1.54, 1.807) is 17.7 Å². The van der Waals surface area contributed by atoms with Crippen LogP contribution in [0.2, 0.25) is 0 Å². The third kappa shape index (κ3) is 3.47. The maximum Gasteiger partial charge on any atom is 0.331 e. The molecule has 2 heterocycles. The molecule has 0 aromatic carbocycles. The van der Waals surface area contributed by atoms with Gasteiger partial charge in [0.2, 0.25) is 0 Å². The van der Waals surface area contributed by atoms with E-state index in [-0.39, 0.29) is 34.8 Å². The van der Waals surface area contributed by atoms with Gasteiger partial charge in [-0.05, 0) is 86.2 Å². The van der Waals surface area contributed by atoms with Crippen LogP contribution in [-0.4, -0.2) is 23.6 Å². The van der Waals surface area contributed by atoms with Gasteiger partial charge in [0.1, 0.15) is 11.7 Å². The summed E-state index contributed by atoms with van der Waals surface area (Å²) in [6.45, 7) is 11.4. The summed E-state index contributed by atoms with van der Waals surface area (Å²) in [5.74, 6) is 0.675. The first-order chi connectivity index (χ1) is 15.5. The standard InChI is InChI=1S/C29H38O4/c1-18(24-7-6-8-25(30)32-24)21-14-16-29(5)23-11-10-22-19(9-12-26(31)33-27(22,2)3)17-20(23)13-15-28(21,29)4/h6,8-9,12,17-18,21-22,24H,7,10-11,13-16H2,1-5H3. The number of allylic oxidation sites excluding steroid dienone is 4. The van der Waals surface area contributed by atoms with Crippen molar-refractivity contribution in [2.45, 2.75) is 91.3 Å². The van der Waals surface area contributed by atoms with Gasteiger partial charge >= 0.3 is 11.9 Å². The Balaban J connectivity index is 1.48. The molecule has 178 valence electrons. The zero-order chi connectivity index (χ0) is 23.6. The van der Waals surface area contributed by atoms with Gasteiger partial charge in [-0.3, -0.25) is 0 Å². The predicted molar refractivity (Wildman–Crippen MR) is 128 cm³/mol. The average molecular weight is 451 g/mol. The number of ether oxygens (including phenoxy) is 2. The van der Waals surface area contributed by atoms with Crippen LogP contribution in [0.15, 0.2) is 47.1 Å². The van der Waals surface area contributed by atoms with Gasteiger partial charge in [0, 0.05) is 24.5 Å². The smallest absolute Gasteiger partial charge is 0.331 e. The Morgan fingerprint density at radius 2 is 1.76 bits per heavy atom. The van der Waals surface area contributed by atoms with Crippen molar-refractivity contribution in [1.29, 1.82) is 0 Å². The lowest BCUT2D eigenvalue weighted by Gasteiger charge is -2.52. The van der Waals surface area contributed by atoms with Crippen molar-refractivity contribution in [2.75, 3.05) is 0 Å². The SMILES string of the molecule is CC(C1CC=CC(=O)O1)C1CCC2(C)C3=C(C=C4C=CC(=O)OC(C)(C)C4CC3)CCC12C. The Labute approximate surface area is 198 Å². The zero-order valence-corrected chi connectivity index (χ0v) is 20.8. The van der Waals surface area contributed by atoms with E-state index >= 15 is 0 Å². The maximum absolute atomic E-state index is 12.1. The molecule has 6 atom stereocenters. The third-order valence-electron chi connectivity index (χ3n) is 10.2. The fourth-order valence-electron chi connectivity index (χ4n) is 8.07. The fraction of sp³-hybridized carbons (Fsp3) is 0.655. The molecular weight excluding hydrogens is 412 g/mol. The summed E-state index contributed by atoms with van der Waals surface area (Å²) in [6, 6.07) is 0. The first-order valence-electron chi connectivity index (χ1n) is 12.8. The molecule has 5 aliphatic rings. The lowest BCUT2D eigenvalue weighted by Crippen LogP contribution is -2.45. The van der Waals surface area contributed by atoms with E-state index in [1.165, 1.54) is 24.0 Å². The molecule has 0 amide bonds. The molecule has 6 unspecified atom stereocenters. The topological polar surface area (TPSA) is 52.6 Å². The monoisotopic (exact) mass is 450 g/mol. The summed E-state index contributed by atoms with van der Waals surface area (Å²) in [6.07, 6.45) is 17.0. The van der Waals surface area contributed by atoms with Gasteiger partial charge in [-0.2, -0.15) is 0 Å². The molecule has 0 spiro atoms. The Morgan fingerprint density at radius 3 is 2.52 bits per heavy atom. The number of fused-ring (bicyclic) bond motifs is 3. The van der Waals surface area contributed by atoms with Crippen LogP contribution in [-0.2, 0) is 19.1 Å². The van der Waals surface area contributed by atoms with E-state index in [1.807, 2.05) is 12.2 Å². The lowest BCUT2D eigenvalue weighted by molar-refractivity contribution is -0.153. The molecule has 0 aromatic rings. The summed E-state index contributed by atoms with van der Waals surface area (Å²) in [4.78, 5) is 24.0. The molecule has 2 aliphatic heterocycles. The second-order valence-electron chi connectivity index (χ2n) is 12.0. The summed E-state index contributed by atoms with van der Waals surface area (Å²) < 4.78 is 11.6. The first kappa shape index (κ1) is 22.7. The van der Waals surface area contributed by atoms with Gasteiger partial charge in [0.15, 0.2) is 0 Å². The molecule has 0 bridgehead atoms. The minimum Gasteiger partial charge on any atom is -0.459 e. The molecular formula is C29H38O4. The van der Waals surface area contributed by atoms with Crippen molar-refractivity contribution in [3.8, 4) is 0 Å². The molecule has 3 aliphatic carbocycles. The van der Waals surface area contributed by atoms with Crippen LogP contribution in [0.5, 0.6) is 0 Å². The molecule has 5 rings (SSSR count). The van der Waals surface area contributed by atoms with Crippen molar-refractivity contribution in [2.24, 2.45) is 28.6 Å². The Bertz CT molecular complexity index is 995. The Hall–Kier alpha value is -2.10. The van der Waals surface area contributed by atoms with Gasteiger partial charge in [-0.1, -0.05) is 44.6 Å². The summed E-state index contributed by atoms with van der Waals surface area (Å²) >= 11 is 0. The third-order valence-corrected chi connectivity index (χ3v) is 10.2. The molecule has 0 radical (unpaired) electrons. The minimum atomic E-state index is -0.504. The first-order valence-corrected chi connectivity index (χ1v) is 12.8. The maximum atomic E-state index is 12.1. The van der Waals surface area contributed by atoms with E-state index in [2.05, 4.69) is 40.7 Å². The van der Waals surface area contributed by atoms with Gasteiger partial charge in [0.05, 0.1) is 0 Å². The minimum absolute atomic E-state index is 0.00876. The second kappa shape index (κ2) is 7.71. The summed E-state index contributed by atoms with van der Waals surface area (Å²) in [5, 5.41) is 0. The van der Waals surface area contributed by atoms with Crippen molar-refractivity contribution in [1.82, 2.24) is 0 Å². The fourth-order valence-corrected chi connectivity index (χ4v) is 8.07. The highest BCUT2D eigenvalue weighted by atomic mass is 16.6. The Kier molecular flexibility index (Phi) is 5.30. The van der Waals surface area contributed by atoms with Crippen LogP contribution in [0, 0.1) is 28.6 Å². The second-order valence-corrected chi connectivity index (χ2v) is 12.0. The van der Waals surface area contributed by atoms with E-state index < -0.39 is 5.60 Å². The quantitative estimate of drug-likeness (QED) is 0.468. The number of esters is 2. The molecule has 0 N–H and O–H groups in total. The number of rotatable bonds is 2. The lowest BCUT2D eigenvalue weighted by atomic mass is 9.52. The largest absolute Gasteiger partial charge is 0.459 e. The molecule has 4 nitrogen and oxygen atoms in total. The van der Waals surface area contributed by atoms with Crippen molar-refractivity contribution >= 4 is 11.9 Å². The van der Waals surface area contributed by atoms with Gasteiger partial charge in [-0.15, -0.1) is 0 Å². The number of hydrogen-bond acceptors (Lipinski definition) is 4. The van der Waals surface area contributed by atoms with Crippen LogP contribution in [0.3, 0.4) is 0 Å². The zero-order valence-electron chi connectivity index (χ0n) is 20.8. The van der Waals surface area contributed by atoms with Crippen LogP contribution in [0.25, 0.3) is 0 Å². The van der Waals surface area contributed by atoms with E-state index in [4.69, 9.17) is 9.47 Å². The van der Waals surface area contributed by atoms with Crippen LogP contribution < -0.4 is 0 Å². The van der Waals surface area contributed by atoms with E-state index in [0.29, 0.717) is 11.8 Å². The van der Waals surface area contributed by atoms with Gasteiger partial charge in [-0.25, -0.2) is 9.59 Å². The van der Waals surface area contributed by atoms with Gasteiger partial charge < -0.3 is 9.47 Å². The number of hydrogen-bond donors (Lipinski definition) is 0. The normalized spacial score (nSPS) is 40.5. The van der Waals surface area contributed by atoms with Crippen LogP contribution >= 0.6 is 0 Å². The summed E-state index contributed by atoms with van der Waals surface area (Å²) in [5.41, 5.74) is 4.20. The predicted octanol–water partition coefficient (Wildman–Crippen LogP) is 6.24. The Morgan fingerprint density at radius 1 is 0.970 bits per heavy atom.